The Hall–Kier alpha value is -3.43. The molecule has 0 aliphatic rings. The Kier molecular flexibility index (Phi) is 6.67. The van der Waals surface area contributed by atoms with Crippen molar-refractivity contribution in [3.63, 3.8) is 0 Å². The summed E-state index contributed by atoms with van der Waals surface area (Å²) in [6.07, 6.45) is 5.28. The lowest BCUT2D eigenvalue weighted by atomic mass is 10.1. The van der Waals surface area contributed by atoms with Gasteiger partial charge in [-0.05, 0) is 43.3 Å². The molecule has 0 spiro atoms. The van der Waals surface area contributed by atoms with E-state index in [9.17, 15) is 0 Å². The quantitative estimate of drug-likeness (QED) is 0.355. The minimum atomic E-state index is 0.540. The first-order valence-corrected chi connectivity index (χ1v) is 11.4. The first-order valence-electron chi connectivity index (χ1n) is 9.69. The number of aryl methyl sites for hydroxylation is 1. The van der Waals surface area contributed by atoms with Crippen molar-refractivity contribution in [3.05, 3.63) is 68.7 Å². The van der Waals surface area contributed by atoms with Gasteiger partial charge in [0.15, 0.2) is 11.5 Å². The van der Waals surface area contributed by atoms with E-state index in [2.05, 4.69) is 18.0 Å². The lowest BCUT2D eigenvalue weighted by Crippen LogP contribution is -2.11. The van der Waals surface area contributed by atoms with Crippen LogP contribution in [0.3, 0.4) is 0 Å². The summed E-state index contributed by atoms with van der Waals surface area (Å²) in [5, 5.41) is 6.77. The third-order valence-electron chi connectivity index (χ3n) is 4.58. The molecule has 0 unspecified atom stereocenters. The second-order valence-corrected chi connectivity index (χ2v) is 8.80. The molecule has 0 atom stereocenters. The van der Waals surface area contributed by atoms with Gasteiger partial charge in [-0.3, -0.25) is 4.98 Å². The summed E-state index contributed by atoms with van der Waals surface area (Å²) in [7, 11) is 4.79. The smallest absolute Gasteiger partial charge is 0.211 e. The van der Waals surface area contributed by atoms with Crippen LogP contribution >= 0.6 is 22.7 Å². The summed E-state index contributed by atoms with van der Waals surface area (Å²) >= 11 is 3.17. The van der Waals surface area contributed by atoms with Crippen molar-refractivity contribution in [2.45, 2.75) is 6.92 Å². The van der Waals surface area contributed by atoms with E-state index >= 15 is 0 Å². The first-order chi connectivity index (χ1) is 15.6. The molecule has 3 heterocycles. The van der Waals surface area contributed by atoms with Crippen molar-refractivity contribution >= 4 is 34.6 Å². The van der Waals surface area contributed by atoms with Gasteiger partial charge in [-0.1, -0.05) is 0 Å². The average molecular weight is 467 g/mol. The fraction of sp³-hybridized carbons (Fsp3) is 0.174. The molecule has 0 N–H and O–H groups in total. The van der Waals surface area contributed by atoms with E-state index in [4.69, 9.17) is 24.3 Å². The van der Waals surface area contributed by atoms with Crippen molar-refractivity contribution in [2.75, 3.05) is 21.3 Å². The van der Waals surface area contributed by atoms with Crippen LogP contribution in [-0.4, -0.2) is 37.2 Å². The highest BCUT2D eigenvalue weighted by molar-refractivity contribution is 7.13. The molecule has 7 nitrogen and oxygen atoms in total. The first kappa shape index (κ1) is 21.8. The highest BCUT2D eigenvalue weighted by Crippen LogP contribution is 2.41. The molecule has 0 bridgehead atoms. The van der Waals surface area contributed by atoms with E-state index in [0.717, 1.165) is 21.8 Å². The molecule has 32 heavy (non-hydrogen) atoms. The third kappa shape index (κ3) is 4.58. The minimum Gasteiger partial charge on any atom is -0.493 e. The average Bonchev–Trinajstić information content (AvgIpc) is 3.42. The molecular formula is C23H22N4O3S2. The zero-order chi connectivity index (χ0) is 22.5. The Labute approximate surface area is 193 Å². The Morgan fingerprint density at radius 2 is 1.81 bits per heavy atom. The van der Waals surface area contributed by atoms with E-state index in [1.165, 1.54) is 16.2 Å². The number of hydrogen-bond acceptors (Lipinski definition) is 8. The van der Waals surface area contributed by atoms with E-state index in [1.54, 1.807) is 45.1 Å². The number of thiophene rings is 1. The van der Waals surface area contributed by atoms with E-state index in [0.29, 0.717) is 22.0 Å². The number of aromatic nitrogens is 2. The summed E-state index contributed by atoms with van der Waals surface area (Å²) in [6, 6.07) is 11.7. The van der Waals surface area contributed by atoms with Gasteiger partial charge in [0.25, 0.3) is 0 Å². The van der Waals surface area contributed by atoms with Gasteiger partial charge in [-0.25, -0.2) is 9.67 Å². The number of thiazole rings is 1. The van der Waals surface area contributed by atoms with Crippen LogP contribution in [-0.2, 0) is 0 Å². The summed E-state index contributed by atoms with van der Waals surface area (Å²) in [5.74, 6) is 1.68. The van der Waals surface area contributed by atoms with Gasteiger partial charge < -0.3 is 14.2 Å². The van der Waals surface area contributed by atoms with Gasteiger partial charge in [0.05, 0.1) is 45.1 Å². The predicted molar refractivity (Wildman–Crippen MR) is 129 cm³/mol. The molecule has 0 aliphatic heterocycles. The van der Waals surface area contributed by atoms with E-state index < -0.39 is 0 Å². The molecule has 9 heteroatoms. The second kappa shape index (κ2) is 9.80. The van der Waals surface area contributed by atoms with Crippen molar-refractivity contribution in [2.24, 2.45) is 10.1 Å². The fourth-order valence-electron chi connectivity index (χ4n) is 3.08. The van der Waals surface area contributed by atoms with Crippen LogP contribution in [0.2, 0.25) is 0 Å². The molecule has 3 aromatic heterocycles. The van der Waals surface area contributed by atoms with Crippen molar-refractivity contribution < 1.29 is 14.2 Å². The van der Waals surface area contributed by atoms with E-state index in [1.807, 2.05) is 46.6 Å². The summed E-state index contributed by atoms with van der Waals surface area (Å²) in [5.41, 5.74) is 2.46. The van der Waals surface area contributed by atoms with E-state index in [-0.39, 0.29) is 0 Å². The molecule has 0 radical (unpaired) electrons. The number of hydrogen-bond donors (Lipinski definition) is 0. The Balaban J connectivity index is 1.89. The van der Waals surface area contributed by atoms with Gasteiger partial charge in [0, 0.05) is 26.9 Å². The normalized spacial score (nSPS) is 11.8. The maximum atomic E-state index is 5.54. The maximum Gasteiger partial charge on any atom is 0.211 e. The molecule has 0 saturated heterocycles. The van der Waals surface area contributed by atoms with Crippen LogP contribution in [0.5, 0.6) is 17.2 Å². The summed E-state index contributed by atoms with van der Waals surface area (Å²) in [4.78, 5) is 11.9. The number of nitrogens with zero attached hydrogens (tertiary/aromatic N) is 4. The topological polar surface area (TPSA) is 70.2 Å². The molecule has 0 fully saturated rings. The zero-order valence-corrected chi connectivity index (χ0v) is 19.7. The number of ether oxygens (including phenoxy) is 3. The van der Waals surface area contributed by atoms with Crippen LogP contribution in [0, 0.1) is 6.92 Å². The third-order valence-corrected chi connectivity index (χ3v) is 6.33. The molecule has 0 aliphatic carbocycles. The highest BCUT2D eigenvalue weighted by Gasteiger charge is 2.17. The van der Waals surface area contributed by atoms with Crippen molar-refractivity contribution in [1.82, 2.24) is 9.66 Å². The van der Waals surface area contributed by atoms with Crippen LogP contribution < -0.4 is 19.0 Å². The SMILES string of the molecule is COc1cc(-c2csc(=Nc3cccnc3)n2N=Cc2ccc(C)s2)cc(OC)c1OC. The number of benzene rings is 1. The minimum absolute atomic E-state index is 0.540. The maximum absolute atomic E-state index is 5.54. The number of rotatable bonds is 7. The van der Waals surface area contributed by atoms with Gasteiger partial charge >= 0.3 is 0 Å². The number of methoxy groups -OCH3 is 3. The number of pyridine rings is 1. The lowest BCUT2D eigenvalue weighted by Gasteiger charge is -2.14. The molecular weight excluding hydrogens is 444 g/mol. The Morgan fingerprint density at radius 1 is 1.03 bits per heavy atom. The standard InChI is InChI=1S/C23H22N4O3S2/c1-15-7-8-18(32-15)13-25-27-19(14-31-23(27)26-17-6-5-9-24-12-17)16-10-20(28-2)22(30-4)21(11-16)29-3/h5-14H,1-4H3. The fourth-order valence-corrected chi connectivity index (χ4v) is 4.68. The molecule has 0 saturated carbocycles. The predicted octanol–water partition coefficient (Wildman–Crippen LogP) is 5.12. The van der Waals surface area contributed by atoms with Crippen LogP contribution in [0.15, 0.2) is 64.3 Å². The van der Waals surface area contributed by atoms with Crippen LogP contribution in [0.4, 0.5) is 5.69 Å². The van der Waals surface area contributed by atoms with Crippen LogP contribution in [0.25, 0.3) is 11.3 Å². The zero-order valence-electron chi connectivity index (χ0n) is 18.1. The second-order valence-electron chi connectivity index (χ2n) is 6.65. The van der Waals surface area contributed by atoms with Gasteiger partial charge in [-0.15, -0.1) is 22.7 Å². The largest absolute Gasteiger partial charge is 0.493 e. The molecule has 164 valence electrons. The summed E-state index contributed by atoms with van der Waals surface area (Å²) in [6.45, 7) is 2.07. The Bertz CT molecular complexity index is 1280. The van der Waals surface area contributed by atoms with Gasteiger partial charge in [0.2, 0.25) is 10.6 Å². The molecule has 0 amide bonds. The van der Waals surface area contributed by atoms with Crippen molar-refractivity contribution in [3.8, 4) is 28.5 Å². The van der Waals surface area contributed by atoms with Gasteiger partial charge in [0.1, 0.15) is 0 Å². The molecule has 4 aromatic rings. The molecule has 4 rings (SSSR count). The Morgan fingerprint density at radius 3 is 2.41 bits per heavy atom. The lowest BCUT2D eigenvalue weighted by molar-refractivity contribution is 0.324. The van der Waals surface area contributed by atoms with Crippen LogP contribution in [0.1, 0.15) is 9.75 Å². The highest BCUT2D eigenvalue weighted by atomic mass is 32.1. The van der Waals surface area contributed by atoms with Gasteiger partial charge in [-0.2, -0.15) is 5.10 Å². The monoisotopic (exact) mass is 466 g/mol. The molecule has 1 aromatic carbocycles. The van der Waals surface area contributed by atoms with Crippen molar-refractivity contribution in [1.29, 1.82) is 0 Å². The summed E-state index contributed by atoms with van der Waals surface area (Å²) < 4.78 is 18.3.